The highest BCUT2D eigenvalue weighted by molar-refractivity contribution is 5.79. The lowest BCUT2D eigenvalue weighted by molar-refractivity contribution is -0.119. The van der Waals surface area contributed by atoms with Crippen LogP contribution in [-0.2, 0) is 4.79 Å². The lowest BCUT2D eigenvalue weighted by Crippen LogP contribution is -2.23. The third-order valence-corrected chi connectivity index (χ3v) is 3.21. The minimum Gasteiger partial charge on any atom is -0.365 e. The van der Waals surface area contributed by atoms with E-state index in [1.165, 1.54) is 0 Å². The number of carbonyl (C=O) groups excluding carboxylic acids is 1. The molecule has 0 bridgehead atoms. The highest BCUT2D eigenvalue weighted by Gasteiger charge is 2.21. The number of benzene rings is 1. The maximum atomic E-state index is 11.2. The number of hydrogen-bond acceptors (Lipinski definition) is 5. The molecule has 0 saturated carbocycles. The number of aromatic nitrogens is 2. The van der Waals surface area contributed by atoms with Gasteiger partial charge >= 0.3 is 0 Å². The zero-order valence-corrected chi connectivity index (χ0v) is 11.8. The summed E-state index contributed by atoms with van der Waals surface area (Å²) >= 11 is 0. The second-order valence-corrected chi connectivity index (χ2v) is 5.03. The molecule has 6 heteroatoms. The quantitative estimate of drug-likeness (QED) is 0.798. The summed E-state index contributed by atoms with van der Waals surface area (Å²) < 4.78 is 0. The van der Waals surface area contributed by atoms with E-state index in [0.29, 0.717) is 18.8 Å². The highest BCUT2D eigenvalue weighted by Crippen LogP contribution is 2.18. The zero-order chi connectivity index (χ0) is 14.7. The molecule has 1 fully saturated rings. The Bertz CT molecular complexity index is 644. The standard InChI is InChI=1S/C15H17N5O/c1-10-17-13(19-11-5-3-2-4-6-11)8-14(18-10)20-12-7-15(21)16-9-12/h2-6,8,12H,7,9H2,1H3,(H,16,21)(H2,17,18,19,20). The number of carbonyl (C=O) groups is 1. The van der Waals surface area contributed by atoms with Crippen LogP contribution >= 0.6 is 0 Å². The lowest BCUT2D eigenvalue weighted by Gasteiger charge is -2.13. The van der Waals surface area contributed by atoms with Crippen molar-refractivity contribution in [1.82, 2.24) is 15.3 Å². The summed E-state index contributed by atoms with van der Waals surface area (Å²) in [6.07, 6.45) is 0.477. The number of rotatable bonds is 4. The summed E-state index contributed by atoms with van der Waals surface area (Å²) in [7, 11) is 0. The SMILES string of the molecule is Cc1nc(Nc2ccccc2)cc(NC2CNC(=O)C2)n1. The van der Waals surface area contributed by atoms with Gasteiger partial charge in [0, 0.05) is 24.7 Å². The Morgan fingerprint density at radius 3 is 2.67 bits per heavy atom. The van der Waals surface area contributed by atoms with Crippen molar-refractivity contribution in [2.45, 2.75) is 19.4 Å². The molecule has 108 valence electrons. The van der Waals surface area contributed by atoms with E-state index in [9.17, 15) is 4.79 Å². The maximum Gasteiger partial charge on any atom is 0.222 e. The van der Waals surface area contributed by atoms with Crippen molar-refractivity contribution < 1.29 is 4.79 Å². The summed E-state index contributed by atoms with van der Waals surface area (Å²) in [4.78, 5) is 20.0. The normalized spacial score (nSPS) is 17.4. The van der Waals surface area contributed by atoms with E-state index in [1.807, 2.05) is 43.3 Å². The second kappa shape index (κ2) is 5.78. The Morgan fingerprint density at radius 2 is 1.95 bits per heavy atom. The molecular formula is C15H17N5O. The predicted octanol–water partition coefficient (Wildman–Crippen LogP) is 1.83. The van der Waals surface area contributed by atoms with Crippen LogP contribution in [0.2, 0.25) is 0 Å². The maximum absolute atomic E-state index is 11.2. The number of hydrogen-bond donors (Lipinski definition) is 3. The first-order chi connectivity index (χ1) is 10.2. The zero-order valence-electron chi connectivity index (χ0n) is 11.8. The summed E-state index contributed by atoms with van der Waals surface area (Å²) in [6, 6.07) is 11.8. The molecule has 1 amide bonds. The van der Waals surface area contributed by atoms with Gasteiger partial charge in [-0.1, -0.05) is 18.2 Å². The Morgan fingerprint density at radius 1 is 1.19 bits per heavy atom. The van der Waals surface area contributed by atoms with Crippen molar-refractivity contribution in [3.05, 3.63) is 42.2 Å². The number of nitrogens with zero attached hydrogens (tertiary/aromatic N) is 2. The highest BCUT2D eigenvalue weighted by atomic mass is 16.1. The van der Waals surface area contributed by atoms with E-state index in [4.69, 9.17) is 0 Å². The van der Waals surface area contributed by atoms with Gasteiger partial charge in [-0.25, -0.2) is 9.97 Å². The van der Waals surface area contributed by atoms with Crippen molar-refractivity contribution >= 4 is 23.2 Å². The van der Waals surface area contributed by atoms with Crippen molar-refractivity contribution in [2.75, 3.05) is 17.2 Å². The van der Waals surface area contributed by atoms with Gasteiger partial charge in [0.05, 0.1) is 6.04 Å². The molecule has 21 heavy (non-hydrogen) atoms. The number of aryl methyl sites for hydroxylation is 1. The first-order valence-corrected chi connectivity index (χ1v) is 6.90. The molecule has 0 spiro atoms. The number of amides is 1. The average molecular weight is 283 g/mol. The van der Waals surface area contributed by atoms with Gasteiger partial charge in [0.1, 0.15) is 17.5 Å². The molecule has 2 heterocycles. The van der Waals surface area contributed by atoms with Crippen molar-refractivity contribution in [3.63, 3.8) is 0 Å². The van der Waals surface area contributed by atoms with Crippen molar-refractivity contribution in [3.8, 4) is 0 Å². The Labute approximate surface area is 123 Å². The van der Waals surface area contributed by atoms with E-state index in [0.717, 1.165) is 17.3 Å². The molecule has 0 aliphatic carbocycles. The Hall–Kier alpha value is -2.63. The molecule has 1 aliphatic rings. The van der Waals surface area contributed by atoms with Crippen LogP contribution < -0.4 is 16.0 Å². The van der Waals surface area contributed by atoms with Crippen molar-refractivity contribution in [2.24, 2.45) is 0 Å². The van der Waals surface area contributed by atoms with Crippen LogP contribution in [0.5, 0.6) is 0 Å². The predicted molar refractivity (Wildman–Crippen MR) is 81.5 cm³/mol. The van der Waals surface area contributed by atoms with Crippen LogP contribution in [-0.4, -0.2) is 28.5 Å². The minimum absolute atomic E-state index is 0.0703. The molecule has 2 aromatic rings. The van der Waals surface area contributed by atoms with Gasteiger partial charge < -0.3 is 16.0 Å². The number of nitrogens with one attached hydrogen (secondary N) is 3. The largest absolute Gasteiger partial charge is 0.365 e. The van der Waals surface area contributed by atoms with Crippen molar-refractivity contribution in [1.29, 1.82) is 0 Å². The lowest BCUT2D eigenvalue weighted by atomic mass is 10.2. The monoisotopic (exact) mass is 283 g/mol. The molecular weight excluding hydrogens is 266 g/mol. The number of anilines is 3. The third-order valence-electron chi connectivity index (χ3n) is 3.21. The van der Waals surface area contributed by atoms with Gasteiger partial charge in [0.25, 0.3) is 0 Å². The van der Waals surface area contributed by atoms with Crippen LogP contribution in [0.15, 0.2) is 36.4 Å². The van der Waals surface area contributed by atoms with Crippen LogP contribution in [0, 0.1) is 6.92 Å². The van der Waals surface area contributed by atoms with Gasteiger partial charge in [0.2, 0.25) is 5.91 Å². The smallest absolute Gasteiger partial charge is 0.222 e. The Kier molecular flexibility index (Phi) is 3.68. The van der Waals surface area contributed by atoms with Gasteiger partial charge in [-0.3, -0.25) is 4.79 Å². The number of para-hydroxylation sites is 1. The summed E-state index contributed by atoms with van der Waals surface area (Å²) in [5.74, 6) is 2.20. The van der Waals surface area contributed by atoms with Crippen LogP contribution in [0.1, 0.15) is 12.2 Å². The van der Waals surface area contributed by atoms with Gasteiger partial charge in [-0.05, 0) is 19.1 Å². The van der Waals surface area contributed by atoms with Gasteiger partial charge in [-0.15, -0.1) is 0 Å². The molecule has 3 rings (SSSR count). The van der Waals surface area contributed by atoms with Crippen LogP contribution in [0.3, 0.4) is 0 Å². The fourth-order valence-electron chi connectivity index (χ4n) is 2.29. The molecule has 1 saturated heterocycles. The molecule has 6 nitrogen and oxygen atoms in total. The molecule has 1 atom stereocenters. The van der Waals surface area contributed by atoms with Crippen LogP contribution in [0.4, 0.5) is 17.3 Å². The Balaban J connectivity index is 1.75. The first-order valence-electron chi connectivity index (χ1n) is 6.90. The topological polar surface area (TPSA) is 78.9 Å². The van der Waals surface area contributed by atoms with E-state index < -0.39 is 0 Å². The minimum atomic E-state index is 0.0703. The molecule has 1 unspecified atom stereocenters. The molecule has 0 radical (unpaired) electrons. The fraction of sp³-hybridized carbons (Fsp3) is 0.267. The third kappa shape index (κ3) is 3.47. The first kappa shape index (κ1) is 13.4. The van der Waals surface area contributed by atoms with Gasteiger partial charge in [0.15, 0.2) is 0 Å². The molecule has 1 aromatic carbocycles. The van der Waals surface area contributed by atoms with E-state index in [1.54, 1.807) is 0 Å². The molecule has 1 aromatic heterocycles. The summed E-state index contributed by atoms with van der Waals surface area (Å²) in [5, 5.41) is 9.31. The summed E-state index contributed by atoms with van der Waals surface area (Å²) in [6.45, 7) is 2.47. The second-order valence-electron chi connectivity index (χ2n) is 5.03. The average Bonchev–Trinajstić information content (AvgIpc) is 2.84. The summed E-state index contributed by atoms with van der Waals surface area (Å²) in [5.41, 5.74) is 0.972. The molecule has 1 aliphatic heterocycles. The van der Waals surface area contributed by atoms with Gasteiger partial charge in [-0.2, -0.15) is 0 Å². The van der Waals surface area contributed by atoms with E-state index in [2.05, 4.69) is 25.9 Å². The fourth-order valence-corrected chi connectivity index (χ4v) is 2.29. The van der Waals surface area contributed by atoms with E-state index in [-0.39, 0.29) is 11.9 Å². The van der Waals surface area contributed by atoms with E-state index >= 15 is 0 Å². The van der Waals surface area contributed by atoms with Crippen LogP contribution in [0.25, 0.3) is 0 Å². The molecule has 3 N–H and O–H groups in total.